The molecule has 0 bridgehead atoms. The van der Waals surface area contributed by atoms with Crippen LogP contribution in [0.5, 0.6) is 0 Å². The molecule has 3 aliphatic carbocycles. The Labute approximate surface area is 236 Å². The van der Waals surface area contributed by atoms with Crippen LogP contribution in [0.1, 0.15) is 73.8 Å². The number of fused-ring (bicyclic) bond motifs is 4. The van der Waals surface area contributed by atoms with Gasteiger partial charge in [0, 0.05) is 25.8 Å². The van der Waals surface area contributed by atoms with E-state index in [1.54, 1.807) is 16.7 Å². The summed E-state index contributed by atoms with van der Waals surface area (Å²) in [5, 5.41) is 0. The average molecular weight is 656 g/mol. The first-order valence-electron chi connectivity index (χ1n) is 12.1. The van der Waals surface area contributed by atoms with Gasteiger partial charge in [0.15, 0.2) is 0 Å². The van der Waals surface area contributed by atoms with E-state index in [0.29, 0.717) is 11.3 Å². The van der Waals surface area contributed by atoms with Gasteiger partial charge in [-0.25, -0.2) is 0 Å². The first kappa shape index (κ1) is 27.7. The Hall–Kier alpha value is -0.890. The van der Waals surface area contributed by atoms with Crippen molar-refractivity contribution in [3.63, 3.8) is 0 Å². The van der Waals surface area contributed by atoms with Crippen molar-refractivity contribution in [2.45, 2.75) is 64.7 Å². The van der Waals surface area contributed by atoms with Crippen LogP contribution in [0.4, 0.5) is 0 Å². The van der Waals surface area contributed by atoms with E-state index in [-0.39, 0.29) is 56.1 Å². The standard InChI is InChI=1S/C31H34.2ClH.Hf/c1-20-12-14-21(15-13-20)23-17-28-29(18-23)31(4,19-30(28,2)3)27-11-7-10-25-24-9-6-5-8-22(24)16-26(25)27;;;/h5-15,23,28-29H,16-19H2,1-4H3;2*1H;/p-2. The summed E-state index contributed by atoms with van der Waals surface area (Å²) in [6.07, 6.45) is 5.11. The van der Waals surface area contributed by atoms with Gasteiger partial charge in [-0.15, -0.1) is 0 Å². The van der Waals surface area contributed by atoms with E-state index in [2.05, 4.69) is 94.4 Å². The van der Waals surface area contributed by atoms with Crippen molar-refractivity contribution in [3.05, 3.63) is 94.5 Å². The zero-order valence-corrected chi connectivity index (χ0v) is 25.8. The second-order valence-corrected chi connectivity index (χ2v) is 11.5. The molecule has 0 N–H and O–H groups in total. The number of hydrogen-bond acceptors (Lipinski definition) is 0. The van der Waals surface area contributed by atoms with Gasteiger partial charge in [0.2, 0.25) is 0 Å². The summed E-state index contributed by atoms with van der Waals surface area (Å²) in [6.45, 7) is 9.90. The number of hydrogen-bond donors (Lipinski definition) is 0. The summed E-state index contributed by atoms with van der Waals surface area (Å²) >= 11 is 0. The summed E-state index contributed by atoms with van der Waals surface area (Å²) in [6, 6.07) is 25.6. The monoisotopic (exact) mass is 656 g/mol. The summed E-state index contributed by atoms with van der Waals surface area (Å²) < 4.78 is 0. The second kappa shape index (κ2) is 9.87. The van der Waals surface area contributed by atoms with Crippen LogP contribution >= 0.6 is 0 Å². The van der Waals surface area contributed by atoms with Crippen molar-refractivity contribution in [2.75, 3.05) is 0 Å². The average Bonchev–Trinajstić information content (AvgIpc) is 3.41. The van der Waals surface area contributed by atoms with E-state index in [1.807, 2.05) is 0 Å². The minimum Gasteiger partial charge on any atom is -1.00 e. The molecule has 4 unspecified atom stereocenters. The van der Waals surface area contributed by atoms with Crippen molar-refractivity contribution in [2.24, 2.45) is 17.3 Å². The summed E-state index contributed by atoms with van der Waals surface area (Å²) in [5.74, 6) is 2.29. The van der Waals surface area contributed by atoms with Crippen molar-refractivity contribution in [3.8, 4) is 11.1 Å². The topological polar surface area (TPSA) is 0 Å². The Morgan fingerprint density at radius 1 is 0.735 bits per heavy atom. The molecule has 3 heteroatoms. The number of aryl methyl sites for hydroxylation is 1. The van der Waals surface area contributed by atoms with Crippen LogP contribution in [0, 0.1) is 24.2 Å². The minimum atomic E-state index is 0. The van der Waals surface area contributed by atoms with Gasteiger partial charge in [-0.3, -0.25) is 0 Å². The fourth-order valence-corrected chi connectivity index (χ4v) is 7.91. The maximum atomic E-state index is 2.61. The van der Waals surface area contributed by atoms with E-state index in [4.69, 9.17) is 0 Å². The molecule has 0 saturated heterocycles. The van der Waals surface area contributed by atoms with Gasteiger partial charge in [-0.2, -0.15) is 0 Å². The van der Waals surface area contributed by atoms with E-state index in [1.165, 1.54) is 41.5 Å². The Bertz CT molecular complexity index is 1170. The molecule has 0 radical (unpaired) electrons. The Morgan fingerprint density at radius 2 is 1.38 bits per heavy atom. The molecule has 3 aromatic carbocycles. The van der Waals surface area contributed by atoms with E-state index < -0.39 is 0 Å². The summed E-state index contributed by atoms with van der Waals surface area (Å²) in [7, 11) is 0. The molecule has 6 rings (SSSR count). The minimum absolute atomic E-state index is 0. The molecule has 4 atom stereocenters. The molecule has 34 heavy (non-hydrogen) atoms. The van der Waals surface area contributed by atoms with E-state index in [0.717, 1.165) is 18.3 Å². The van der Waals surface area contributed by atoms with Gasteiger partial charge in [-0.1, -0.05) is 93.1 Å². The molecule has 3 aliphatic rings. The zero-order chi connectivity index (χ0) is 21.4. The largest absolute Gasteiger partial charge is 1.00 e. The van der Waals surface area contributed by atoms with E-state index >= 15 is 0 Å². The first-order valence-corrected chi connectivity index (χ1v) is 12.1. The second-order valence-electron chi connectivity index (χ2n) is 11.5. The normalized spacial score (nSPS) is 27.5. The maximum Gasteiger partial charge on any atom is 0 e. The predicted molar refractivity (Wildman–Crippen MR) is 131 cm³/mol. The van der Waals surface area contributed by atoms with Crippen LogP contribution in [0.2, 0.25) is 0 Å². The van der Waals surface area contributed by atoms with Gasteiger partial charge >= 0.3 is 0 Å². The van der Waals surface area contributed by atoms with Gasteiger partial charge in [0.25, 0.3) is 0 Å². The van der Waals surface area contributed by atoms with Gasteiger partial charge in [0.1, 0.15) is 0 Å². The predicted octanol–water partition coefficient (Wildman–Crippen LogP) is 2.07. The van der Waals surface area contributed by atoms with Crippen molar-refractivity contribution in [1.82, 2.24) is 0 Å². The van der Waals surface area contributed by atoms with Crippen LogP contribution in [-0.2, 0) is 37.7 Å². The van der Waals surface area contributed by atoms with Crippen LogP contribution in [0.3, 0.4) is 0 Å². The van der Waals surface area contributed by atoms with Crippen LogP contribution in [-0.4, -0.2) is 0 Å². The van der Waals surface area contributed by atoms with Crippen molar-refractivity contribution < 1.29 is 50.7 Å². The quantitative estimate of drug-likeness (QED) is 0.291. The van der Waals surface area contributed by atoms with Crippen molar-refractivity contribution in [1.29, 1.82) is 0 Å². The molecule has 0 spiro atoms. The molecule has 0 heterocycles. The zero-order valence-electron chi connectivity index (χ0n) is 20.7. The van der Waals surface area contributed by atoms with Gasteiger partial charge in [0.05, 0.1) is 0 Å². The fourth-order valence-electron chi connectivity index (χ4n) is 7.91. The molecule has 2 saturated carbocycles. The Morgan fingerprint density at radius 3 is 2.12 bits per heavy atom. The van der Waals surface area contributed by atoms with Crippen LogP contribution in [0.25, 0.3) is 11.1 Å². The van der Waals surface area contributed by atoms with Gasteiger partial charge < -0.3 is 24.8 Å². The first-order chi connectivity index (χ1) is 14.9. The molecular formula is C31H34Cl2Hf-2. The Balaban J connectivity index is 0.00000108. The van der Waals surface area contributed by atoms with Crippen LogP contribution < -0.4 is 24.8 Å². The molecule has 0 aromatic heterocycles. The molecule has 0 amide bonds. The smallest absolute Gasteiger partial charge is 0 e. The molecular weight excluding hydrogens is 622 g/mol. The SMILES string of the molecule is Cc1ccc(C2CC3C(C2)C(C)(c2cccc4c2Cc2ccccc2-4)CC3(C)C)cc1.[Cl-].[Cl-].[Hf]. The van der Waals surface area contributed by atoms with E-state index in [9.17, 15) is 0 Å². The molecule has 3 aromatic rings. The molecule has 2 fully saturated rings. The number of benzene rings is 3. The number of halogens is 2. The molecule has 0 nitrogen and oxygen atoms in total. The summed E-state index contributed by atoms with van der Waals surface area (Å²) in [5.41, 5.74) is 11.3. The molecule has 0 aliphatic heterocycles. The number of rotatable bonds is 2. The van der Waals surface area contributed by atoms with Crippen LogP contribution in [0.15, 0.2) is 66.7 Å². The van der Waals surface area contributed by atoms with Gasteiger partial charge in [-0.05, 0) is 94.6 Å². The third-order valence-corrected chi connectivity index (χ3v) is 9.22. The third kappa shape index (κ3) is 4.18. The Kier molecular flexibility index (Phi) is 8.04. The third-order valence-electron chi connectivity index (χ3n) is 9.22. The maximum absolute atomic E-state index is 2.61. The summed E-state index contributed by atoms with van der Waals surface area (Å²) in [4.78, 5) is 0. The van der Waals surface area contributed by atoms with Crippen molar-refractivity contribution >= 4 is 0 Å². The molecule has 178 valence electrons. The fraction of sp³-hybridized carbons (Fsp3) is 0.419.